The molecule has 9 aromatic rings. The molecule has 0 saturated heterocycles. The van der Waals surface area contributed by atoms with E-state index in [2.05, 4.69) is 213 Å². The van der Waals surface area contributed by atoms with Crippen LogP contribution >= 0.6 is 0 Å². The zero-order chi connectivity index (χ0) is 60.5. The smallest absolute Gasteiger partial charge is 0.512 e. The summed E-state index contributed by atoms with van der Waals surface area (Å²) in [6.45, 7) is 20.5. The second kappa shape index (κ2) is 21.7. The number of halogens is 2. The van der Waals surface area contributed by atoms with Gasteiger partial charge in [0, 0.05) is 22.1 Å². The van der Waals surface area contributed by atoms with Gasteiger partial charge in [-0.25, -0.2) is 10.4 Å². The summed E-state index contributed by atoms with van der Waals surface area (Å²) in [4.78, 5) is 13.1. The van der Waals surface area contributed by atoms with E-state index in [1.165, 1.54) is 113 Å². The van der Waals surface area contributed by atoms with Gasteiger partial charge in [-0.15, -0.1) is 12.1 Å². The maximum Gasteiger partial charge on any atom is 2.00 e. The third-order valence-electron chi connectivity index (χ3n) is 20.0. The number of benzene rings is 9. The Bertz CT molecular complexity index is 4580. The van der Waals surface area contributed by atoms with Crippen molar-refractivity contribution in [2.45, 2.75) is 103 Å². The van der Waals surface area contributed by atoms with Crippen molar-refractivity contribution in [3.63, 3.8) is 0 Å². The molecule has 0 bridgehead atoms. The first-order valence-electron chi connectivity index (χ1n) is 30.4. The van der Waals surface area contributed by atoms with Crippen LogP contribution in [0.5, 0.6) is 5.75 Å². The van der Waals surface area contributed by atoms with Gasteiger partial charge in [0.05, 0.1) is 11.8 Å². The van der Waals surface area contributed by atoms with Gasteiger partial charge in [-0.3, -0.25) is 8.78 Å². The summed E-state index contributed by atoms with van der Waals surface area (Å²) in [6.07, 6.45) is 11.7. The molecule has 0 fully saturated rings. The zero-order valence-corrected chi connectivity index (χ0v) is 53.4. The normalized spacial score (nSPS) is 17.8. The Morgan fingerprint density at radius 1 is 0.545 bits per heavy atom. The minimum absolute atomic E-state index is 0. The Kier molecular flexibility index (Phi) is 14.4. The molecule has 0 aromatic heterocycles. The number of carbonyl (C=O) groups excluding carboxylic acids is 1. The molecular weight excluding hydrogens is 1270 g/mol. The van der Waals surface area contributed by atoms with E-state index < -0.39 is 17.6 Å². The number of carbonyl (C=O) groups is 1. The van der Waals surface area contributed by atoms with E-state index in [-0.39, 0.29) is 54.0 Å². The molecule has 15 rings (SSSR count). The molecule has 0 radical (unpaired) electrons. The molecule has 0 spiro atoms. The predicted molar refractivity (Wildman–Crippen MR) is 350 cm³/mol. The molecule has 6 aliphatic rings. The fourth-order valence-corrected chi connectivity index (χ4v) is 15.3. The number of hydrogen-bond acceptors (Lipinski definition) is 3. The van der Waals surface area contributed by atoms with Crippen LogP contribution in [0.3, 0.4) is 0 Å². The summed E-state index contributed by atoms with van der Waals surface area (Å²) < 4.78 is 31.8. The van der Waals surface area contributed by atoms with E-state index in [1.807, 2.05) is 12.1 Å². The van der Waals surface area contributed by atoms with E-state index in [0.29, 0.717) is 17.2 Å². The number of esters is 1. The zero-order valence-electron chi connectivity index (χ0n) is 51.1. The molecule has 1 unspecified atom stereocenters. The Hall–Kier alpha value is -8.50. The van der Waals surface area contributed by atoms with Crippen molar-refractivity contribution in [2.24, 2.45) is 5.92 Å². The first-order valence-corrected chi connectivity index (χ1v) is 30.4. The maximum atomic E-state index is 13.2. The van der Waals surface area contributed by atoms with Crippen LogP contribution in [-0.4, -0.2) is 11.1 Å². The summed E-state index contributed by atoms with van der Waals surface area (Å²) in [5, 5.41) is 10.0. The topological polar surface area (TPSA) is 46.5 Å². The van der Waals surface area contributed by atoms with Crippen LogP contribution in [0, 0.1) is 29.7 Å². The second-order valence-electron chi connectivity index (χ2n) is 26.6. The molecule has 0 saturated carbocycles. The Balaban J connectivity index is 0.000000419. The monoisotopic (exact) mass is 1330 g/mol. The SMILES string of the molecule is C/C(O)=C/C(=O)Oc1cc(-c2ccc3c(c2)C(C)(C)c2cc(-c4ccc5c(c4)C(C)(C)c4ccccc4-5)ccc2-3)cc(-c2ccc3c(c2)C(C)(C)C2CC(C4=CC5=C(CC4)c4ccccc4C5(C)C)=CC=C32)c1.Fc1c[c-]c(-c2[c-]cccc2)c(F)c1.[Pt+2]. The summed E-state index contributed by atoms with van der Waals surface area (Å²) in [5.74, 6) is -1.17. The summed E-state index contributed by atoms with van der Waals surface area (Å²) in [7, 11) is 0. The average molecular weight is 1330 g/mol. The van der Waals surface area contributed by atoms with Gasteiger partial charge >= 0.3 is 27.0 Å². The summed E-state index contributed by atoms with van der Waals surface area (Å²) >= 11 is 0. The minimum atomic E-state index is -0.623. The number of rotatable bonds is 7. The van der Waals surface area contributed by atoms with Crippen molar-refractivity contribution in [2.75, 3.05) is 0 Å². The molecular formula is C82H68F2O3Pt. The number of aliphatic hydroxyl groups excluding tert-OH is 1. The first kappa shape index (κ1) is 58.5. The third-order valence-corrected chi connectivity index (χ3v) is 20.0. The van der Waals surface area contributed by atoms with Crippen molar-refractivity contribution >= 4 is 17.1 Å². The van der Waals surface area contributed by atoms with Crippen molar-refractivity contribution in [1.29, 1.82) is 0 Å². The predicted octanol–water partition coefficient (Wildman–Crippen LogP) is 21.0. The molecule has 0 heterocycles. The number of fused-ring (bicyclic) bond motifs is 11. The Morgan fingerprint density at radius 2 is 1.08 bits per heavy atom. The van der Waals surface area contributed by atoms with Crippen molar-refractivity contribution < 1.29 is 44.5 Å². The van der Waals surface area contributed by atoms with Crippen LogP contribution in [-0.2, 0) is 47.5 Å². The van der Waals surface area contributed by atoms with Gasteiger partial charge in [-0.2, -0.15) is 35.9 Å². The fourth-order valence-electron chi connectivity index (χ4n) is 15.3. The van der Waals surface area contributed by atoms with Gasteiger partial charge in [0.15, 0.2) is 0 Å². The van der Waals surface area contributed by atoms with E-state index in [4.69, 9.17) is 4.74 Å². The quantitative estimate of drug-likeness (QED) is 0.0569. The molecule has 438 valence electrons. The molecule has 3 nitrogen and oxygen atoms in total. The van der Waals surface area contributed by atoms with Crippen molar-refractivity contribution in [1.82, 2.24) is 0 Å². The van der Waals surface area contributed by atoms with Gasteiger partial charge in [0.25, 0.3) is 0 Å². The maximum absolute atomic E-state index is 13.2. The minimum Gasteiger partial charge on any atom is -0.512 e. The molecule has 9 aromatic carbocycles. The summed E-state index contributed by atoms with van der Waals surface area (Å²) in [5.41, 5.74) is 30.4. The number of aliphatic hydroxyl groups is 1. The van der Waals surface area contributed by atoms with Gasteiger partial charge in [-0.1, -0.05) is 177 Å². The Labute approximate surface area is 530 Å². The van der Waals surface area contributed by atoms with Crippen LogP contribution in [0.4, 0.5) is 8.78 Å². The average Bonchev–Trinajstić information content (AvgIpc) is 1.63. The Morgan fingerprint density at radius 3 is 1.67 bits per heavy atom. The van der Waals surface area contributed by atoms with Gasteiger partial charge in [-0.05, 0) is 214 Å². The van der Waals surface area contributed by atoms with Gasteiger partial charge in [0.1, 0.15) is 5.75 Å². The van der Waals surface area contributed by atoms with Crippen LogP contribution in [0.25, 0.3) is 77.9 Å². The molecule has 0 aliphatic heterocycles. The van der Waals surface area contributed by atoms with E-state index in [1.54, 1.807) is 24.3 Å². The molecule has 0 amide bonds. The van der Waals surface area contributed by atoms with Crippen LogP contribution < -0.4 is 4.74 Å². The third kappa shape index (κ3) is 9.68. The number of ether oxygens (including phenoxy) is 1. The molecule has 88 heavy (non-hydrogen) atoms. The molecule has 1 N–H and O–H groups in total. The fraction of sp³-hybridized carbons (Fsp3) is 0.207. The second-order valence-corrected chi connectivity index (χ2v) is 26.6. The first-order chi connectivity index (χ1) is 41.7. The molecule has 6 heteroatoms. The van der Waals surface area contributed by atoms with Crippen LogP contribution in [0.2, 0.25) is 0 Å². The van der Waals surface area contributed by atoms with Crippen LogP contribution in [0.1, 0.15) is 126 Å². The van der Waals surface area contributed by atoms with E-state index in [9.17, 15) is 18.7 Å². The molecule has 6 aliphatic carbocycles. The number of allylic oxidation sites excluding steroid dienone is 9. The van der Waals surface area contributed by atoms with Crippen LogP contribution in [0.15, 0.2) is 223 Å². The molecule has 1 atom stereocenters. The van der Waals surface area contributed by atoms with E-state index in [0.717, 1.165) is 59.7 Å². The van der Waals surface area contributed by atoms with E-state index >= 15 is 0 Å². The standard InChI is InChI=1S/C70H62O3.C12H6F2.Pt/c1-40(71)30-66(72)73-49-32-47(45-22-28-56-54-26-20-43(36-62(54)69(6,7)64(56)38-45)41-18-24-52-50-14-10-12-16-58(50)67(2,3)60(52)34-41)31-48(33-49)46-23-29-57-55-27-21-44(37-63(55)70(8,9)65(57)39-46)42-19-25-53-51-15-11-13-17-59(51)68(4,5)61(53)35-42;13-10-6-7-11(12(14)8-10)9-4-2-1-3-5-9;/h10-18,20-24,26-36,38-39,63,71H,19,25,37H2,1-9H3;1-4,6,8H;/q;-2;+2/b40-30-;;. The largest absolute Gasteiger partial charge is 2.00 e. The van der Waals surface area contributed by atoms with Crippen molar-refractivity contribution in [3.8, 4) is 72.5 Å². The summed E-state index contributed by atoms with van der Waals surface area (Å²) in [6, 6.07) is 66.0. The number of hydrogen-bond donors (Lipinski definition) is 1. The van der Waals surface area contributed by atoms with Crippen molar-refractivity contribution in [3.05, 3.63) is 291 Å². The van der Waals surface area contributed by atoms with Gasteiger partial charge < -0.3 is 9.84 Å². The van der Waals surface area contributed by atoms with Gasteiger partial charge in [0.2, 0.25) is 0 Å².